The molecule has 0 aliphatic rings. The molecule has 0 heterocycles. The normalized spacial score (nSPS) is 16.8. The molecule has 2 heteroatoms. The van der Waals surface area contributed by atoms with E-state index in [-0.39, 0.29) is 12.6 Å². The van der Waals surface area contributed by atoms with E-state index >= 15 is 0 Å². The van der Waals surface area contributed by atoms with Crippen LogP contribution in [0.25, 0.3) is 0 Å². The molecule has 0 aliphatic carbocycles. The summed E-state index contributed by atoms with van der Waals surface area (Å²) >= 11 is 0. The van der Waals surface area contributed by atoms with Crippen LogP contribution >= 0.6 is 0 Å². The summed E-state index contributed by atoms with van der Waals surface area (Å²) in [5, 5.41) is 0. The highest BCUT2D eigenvalue weighted by atomic mass is 19.1. The molecule has 0 aromatic rings. The number of alkyl halides is 1. The second-order valence-corrected chi connectivity index (χ2v) is 3.01. The largest absolute Gasteiger partial charge is 0.330 e. The lowest BCUT2D eigenvalue weighted by molar-refractivity contribution is 0.313. The summed E-state index contributed by atoms with van der Waals surface area (Å²) in [6.45, 7) is 4.51. The lowest BCUT2D eigenvalue weighted by Gasteiger charge is -2.14. The average molecular weight is 147 g/mol. The van der Waals surface area contributed by atoms with Crippen LogP contribution in [0.3, 0.4) is 0 Å². The van der Waals surface area contributed by atoms with Crippen LogP contribution in [-0.2, 0) is 0 Å². The van der Waals surface area contributed by atoms with E-state index in [4.69, 9.17) is 5.73 Å². The van der Waals surface area contributed by atoms with E-state index in [0.717, 1.165) is 12.8 Å². The quantitative estimate of drug-likeness (QED) is 0.632. The number of hydrogen-bond donors (Lipinski definition) is 1. The van der Waals surface area contributed by atoms with Crippen molar-refractivity contribution in [3.63, 3.8) is 0 Å². The Kier molecular flexibility index (Phi) is 5.60. The van der Waals surface area contributed by atoms with Gasteiger partial charge in [0, 0.05) is 0 Å². The summed E-state index contributed by atoms with van der Waals surface area (Å²) in [4.78, 5) is 0. The van der Waals surface area contributed by atoms with E-state index < -0.39 is 0 Å². The Labute approximate surface area is 62.8 Å². The van der Waals surface area contributed by atoms with Crippen LogP contribution in [0.15, 0.2) is 0 Å². The number of nitrogens with two attached hydrogens (primary N) is 1. The summed E-state index contributed by atoms with van der Waals surface area (Å²) in [7, 11) is 0. The van der Waals surface area contributed by atoms with Gasteiger partial charge in [0.25, 0.3) is 0 Å². The molecule has 0 aromatic carbocycles. The monoisotopic (exact) mass is 147 g/mol. The standard InChI is InChI=1S/C8H18FN/c1-3-8(6-10)4-7(2)5-9/h7-8H,3-6,10H2,1-2H3/t7?,8-/m0/s1. The fourth-order valence-electron chi connectivity index (χ4n) is 1.06. The first-order valence-electron chi connectivity index (χ1n) is 4.00. The zero-order chi connectivity index (χ0) is 7.98. The van der Waals surface area contributed by atoms with Crippen LogP contribution in [-0.4, -0.2) is 13.2 Å². The maximum Gasteiger partial charge on any atom is 0.0920 e. The van der Waals surface area contributed by atoms with Gasteiger partial charge in [-0.15, -0.1) is 0 Å². The zero-order valence-corrected chi connectivity index (χ0v) is 6.94. The second-order valence-electron chi connectivity index (χ2n) is 3.01. The molecule has 10 heavy (non-hydrogen) atoms. The molecule has 1 nitrogen and oxygen atoms in total. The molecule has 0 spiro atoms. The average Bonchev–Trinajstić information content (AvgIpc) is 1.99. The van der Waals surface area contributed by atoms with E-state index in [1.807, 2.05) is 6.92 Å². The van der Waals surface area contributed by atoms with Crippen LogP contribution in [0.2, 0.25) is 0 Å². The van der Waals surface area contributed by atoms with Gasteiger partial charge in [0.05, 0.1) is 6.67 Å². The fourth-order valence-corrected chi connectivity index (χ4v) is 1.06. The highest BCUT2D eigenvalue weighted by Gasteiger charge is 2.08. The van der Waals surface area contributed by atoms with Gasteiger partial charge in [-0.1, -0.05) is 20.3 Å². The van der Waals surface area contributed by atoms with Crippen molar-refractivity contribution >= 4 is 0 Å². The molecule has 0 aliphatic heterocycles. The lowest BCUT2D eigenvalue weighted by atomic mass is 9.95. The van der Waals surface area contributed by atoms with E-state index in [1.54, 1.807) is 0 Å². The van der Waals surface area contributed by atoms with Gasteiger partial charge < -0.3 is 5.73 Å². The summed E-state index contributed by atoms with van der Waals surface area (Å²) in [6, 6.07) is 0. The molecule has 0 saturated heterocycles. The minimum absolute atomic E-state index is 0.188. The van der Waals surface area contributed by atoms with Gasteiger partial charge in [-0.2, -0.15) is 0 Å². The topological polar surface area (TPSA) is 26.0 Å². The second kappa shape index (κ2) is 5.66. The zero-order valence-electron chi connectivity index (χ0n) is 6.94. The van der Waals surface area contributed by atoms with Crippen LogP contribution in [0, 0.1) is 11.8 Å². The van der Waals surface area contributed by atoms with Gasteiger partial charge in [-0.3, -0.25) is 4.39 Å². The maximum atomic E-state index is 12.0. The number of hydrogen-bond acceptors (Lipinski definition) is 1. The Morgan fingerprint density at radius 1 is 1.50 bits per heavy atom. The third-order valence-corrected chi connectivity index (χ3v) is 1.91. The van der Waals surface area contributed by atoms with Crippen molar-refractivity contribution in [3.05, 3.63) is 0 Å². The maximum absolute atomic E-state index is 12.0. The van der Waals surface area contributed by atoms with Crippen LogP contribution < -0.4 is 5.73 Å². The molecule has 62 valence electrons. The Morgan fingerprint density at radius 3 is 2.40 bits per heavy atom. The molecule has 0 rings (SSSR count). The fraction of sp³-hybridized carbons (Fsp3) is 1.00. The summed E-state index contributed by atoms with van der Waals surface area (Å²) in [5.41, 5.74) is 5.46. The van der Waals surface area contributed by atoms with E-state index in [9.17, 15) is 4.39 Å². The Bertz CT molecular complexity index is 71.7. The van der Waals surface area contributed by atoms with Crippen molar-refractivity contribution in [2.45, 2.75) is 26.7 Å². The van der Waals surface area contributed by atoms with Crippen LogP contribution in [0.1, 0.15) is 26.7 Å². The van der Waals surface area contributed by atoms with E-state index in [1.165, 1.54) is 0 Å². The van der Waals surface area contributed by atoms with Gasteiger partial charge in [0.15, 0.2) is 0 Å². The van der Waals surface area contributed by atoms with Gasteiger partial charge in [-0.05, 0) is 24.8 Å². The SMILES string of the molecule is CC[C@H](CN)CC(C)CF. The highest BCUT2D eigenvalue weighted by molar-refractivity contribution is 4.61. The van der Waals surface area contributed by atoms with Gasteiger partial charge in [-0.25, -0.2) is 0 Å². The lowest BCUT2D eigenvalue weighted by Crippen LogP contribution is -2.16. The van der Waals surface area contributed by atoms with Crippen molar-refractivity contribution in [1.82, 2.24) is 0 Å². The molecule has 0 amide bonds. The van der Waals surface area contributed by atoms with Gasteiger partial charge in [0.1, 0.15) is 0 Å². The predicted molar refractivity (Wildman–Crippen MR) is 42.6 cm³/mol. The molecule has 0 radical (unpaired) electrons. The molecular formula is C8H18FN. The van der Waals surface area contributed by atoms with Crippen molar-refractivity contribution < 1.29 is 4.39 Å². The molecule has 0 saturated carbocycles. The summed E-state index contributed by atoms with van der Waals surface area (Å²) in [5.74, 6) is 0.708. The third-order valence-electron chi connectivity index (χ3n) is 1.91. The first-order chi connectivity index (χ1) is 4.74. The van der Waals surface area contributed by atoms with Crippen molar-refractivity contribution in [2.75, 3.05) is 13.2 Å². The molecule has 0 bridgehead atoms. The van der Waals surface area contributed by atoms with E-state index in [2.05, 4.69) is 6.92 Å². The highest BCUT2D eigenvalue weighted by Crippen LogP contribution is 2.14. The Balaban J connectivity index is 3.41. The molecule has 1 unspecified atom stereocenters. The minimum atomic E-state index is -0.212. The molecule has 2 N–H and O–H groups in total. The number of rotatable bonds is 5. The third kappa shape index (κ3) is 3.83. The van der Waals surface area contributed by atoms with Crippen molar-refractivity contribution in [3.8, 4) is 0 Å². The molecule has 0 fully saturated rings. The molecule has 0 aromatic heterocycles. The summed E-state index contributed by atoms with van der Waals surface area (Å²) in [6.07, 6.45) is 2.00. The van der Waals surface area contributed by atoms with Crippen molar-refractivity contribution in [1.29, 1.82) is 0 Å². The Morgan fingerprint density at radius 2 is 2.10 bits per heavy atom. The smallest absolute Gasteiger partial charge is 0.0920 e. The first-order valence-corrected chi connectivity index (χ1v) is 4.00. The Hall–Kier alpha value is -0.110. The minimum Gasteiger partial charge on any atom is -0.330 e. The van der Waals surface area contributed by atoms with E-state index in [0.29, 0.717) is 12.5 Å². The van der Waals surface area contributed by atoms with Gasteiger partial charge >= 0.3 is 0 Å². The van der Waals surface area contributed by atoms with Crippen LogP contribution in [0.4, 0.5) is 4.39 Å². The van der Waals surface area contributed by atoms with Crippen molar-refractivity contribution in [2.24, 2.45) is 17.6 Å². The van der Waals surface area contributed by atoms with Crippen LogP contribution in [0.5, 0.6) is 0 Å². The molecular weight excluding hydrogens is 129 g/mol. The number of halogens is 1. The van der Waals surface area contributed by atoms with Gasteiger partial charge in [0.2, 0.25) is 0 Å². The summed E-state index contributed by atoms with van der Waals surface area (Å²) < 4.78 is 12.0. The predicted octanol–water partition coefficient (Wildman–Crippen LogP) is 1.97. The molecule has 2 atom stereocenters. The first kappa shape index (κ1) is 9.89.